The van der Waals surface area contributed by atoms with E-state index in [1.54, 1.807) is 60.7 Å². The van der Waals surface area contributed by atoms with Crippen LogP contribution in [0.15, 0.2) is 89.8 Å². The molecule has 0 fully saturated rings. The highest BCUT2D eigenvalue weighted by molar-refractivity contribution is 7.92. The van der Waals surface area contributed by atoms with E-state index in [0.717, 1.165) is 24.0 Å². The van der Waals surface area contributed by atoms with Crippen LogP contribution in [0.3, 0.4) is 0 Å². The lowest BCUT2D eigenvalue weighted by Crippen LogP contribution is -2.12. The Morgan fingerprint density at radius 3 is 2.55 bits per heavy atom. The summed E-state index contributed by atoms with van der Waals surface area (Å²) in [5, 5.41) is 10.2. The van der Waals surface area contributed by atoms with E-state index in [1.165, 1.54) is 0 Å². The second kappa shape index (κ2) is 10.0. The van der Waals surface area contributed by atoms with Crippen LogP contribution in [0.1, 0.15) is 24.0 Å². The van der Waals surface area contributed by atoms with Gasteiger partial charge in [0, 0.05) is 5.69 Å². The maximum Gasteiger partial charge on any atom is 0.261 e. The molecule has 1 atom stereocenters. The van der Waals surface area contributed by atoms with Gasteiger partial charge >= 0.3 is 0 Å². The Morgan fingerprint density at radius 1 is 1.00 bits per heavy atom. The maximum atomic E-state index is 12.4. The topological polar surface area (TPSA) is 66.4 Å². The normalized spacial score (nSPS) is 12.7. The number of hydrogen-bond donors (Lipinski definition) is 2. The van der Waals surface area contributed by atoms with Crippen LogP contribution in [0.4, 0.5) is 5.69 Å². The zero-order chi connectivity index (χ0) is 20.5. The molecule has 4 nitrogen and oxygen atoms in total. The number of anilines is 1. The lowest BCUT2D eigenvalue weighted by Gasteiger charge is -2.09. The van der Waals surface area contributed by atoms with Crippen molar-refractivity contribution in [1.82, 2.24) is 0 Å². The zero-order valence-electron chi connectivity index (χ0n) is 16.0. The van der Waals surface area contributed by atoms with Crippen molar-refractivity contribution in [3.05, 3.63) is 102 Å². The van der Waals surface area contributed by atoms with Crippen LogP contribution in [0, 0.1) is 6.07 Å². The van der Waals surface area contributed by atoms with E-state index >= 15 is 0 Å². The molecule has 0 aliphatic rings. The zero-order valence-corrected chi connectivity index (χ0v) is 16.8. The van der Waals surface area contributed by atoms with E-state index in [9.17, 15) is 13.5 Å². The van der Waals surface area contributed by atoms with Gasteiger partial charge in [0.1, 0.15) is 0 Å². The summed E-state index contributed by atoms with van der Waals surface area (Å²) in [7, 11) is -3.63. The molecular formula is C24H24NO3S. The summed E-state index contributed by atoms with van der Waals surface area (Å²) < 4.78 is 27.5. The highest BCUT2D eigenvalue weighted by Crippen LogP contribution is 2.18. The van der Waals surface area contributed by atoms with E-state index in [1.807, 2.05) is 30.3 Å². The smallest absolute Gasteiger partial charge is 0.261 e. The van der Waals surface area contributed by atoms with Crippen LogP contribution in [-0.2, 0) is 16.4 Å². The molecule has 29 heavy (non-hydrogen) atoms. The fourth-order valence-electron chi connectivity index (χ4n) is 2.93. The summed E-state index contributed by atoms with van der Waals surface area (Å²) in [6, 6.07) is 26.4. The average molecular weight is 407 g/mol. The van der Waals surface area contributed by atoms with Crippen molar-refractivity contribution in [2.24, 2.45) is 0 Å². The number of sulfonamides is 1. The van der Waals surface area contributed by atoms with E-state index in [-0.39, 0.29) is 4.90 Å². The van der Waals surface area contributed by atoms with Crippen molar-refractivity contribution in [2.75, 3.05) is 4.72 Å². The van der Waals surface area contributed by atoms with Gasteiger partial charge in [0.15, 0.2) is 0 Å². The molecule has 2 N–H and O–H groups in total. The molecule has 3 aromatic rings. The van der Waals surface area contributed by atoms with E-state index in [0.29, 0.717) is 12.1 Å². The van der Waals surface area contributed by atoms with Crippen LogP contribution in [0.25, 0.3) is 6.08 Å². The van der Waals surface area contributed by atoms with Crippen LogP contribution in [0.5, 0.6) is 0 Å². The minimum atomic E-state index is -3.63. The Morgan fingerprint density at radius 2 is 1.79 bits per heavy atom. The van der Waals surface area contributed by atoms with Crippen molar-refractivity contribution in [1.29, 1.82) is 0 Å². The Hall–Kier alpha value is -2.89. The first-order valence-corrected chi connectivity index (χ1v) is 11.0. The van der Waals surface area contributed by atoms with Gasteiger partial charge in [-0.15, -0.1) is 0 Å². The van der Waals surface area contributed by atoms with Gasteiger partial charge in [-0.1, -0.05) is 66.7 Å². The third-order valence-electron chi connectivity index (χ3n) is 4.42. The SMILES string of the molecule is O=S(=O)(Nc1cccc(/C=C/[C@@H](O)CCCc2[c]cccc2)c1)c1ccccc1. The molecule has 0 saturated heterocycles. The molecule has 5 heteroatoms. The van der Waals surface area contributed by atoms with Gasteiger partial charge in [0.25, 0.3) is 10.0 Å². The fraction of sp³-hybridized carbons (Fsp3) is 0.167. The Kier molecular flexibility index (Phi) is 7.22. The molecule has 0 aliphatic carbocycles. The molecule has 0 aromatic heterocycles. The molecule has 0 unspecified atom stereocenters. The largest absolute Gasteiger partial charge is 0.389 e. The quantitative estimate of drug-likeness (QED) is 0.542. The van der Waals surface area contributed by atoms with E-state index < -0.39 is 16.1 Å². The number of benzene rings is 3. The number of aliphatic hydroxyl groups is 1. The number of aliphatic hydroxyl groups excluding tert-OH is 1. The molecule has 149 valence electrons. The standard InChI is InChI=1S/C24H24NO3S/c26-23(14-8-11-20-9-3-1-4-10-20)18-17-21-12-7-13-22(19-21)25-29(27,28)24-15-5-2-6-16-24/h1-7,9,12-13,15-19,23,25-26H,8,11,14H2/b18-17+/t23-/m0/s1. The van der Waals surface area contributed by atoms with Gasteiger partial charge in [-0.3, -0.25) is 4.72 Å². The summed E-state index contributed by atoms with van der Waals surface area (Å²) in [5.41, 5.74) is 2.43. The minimum Gasteiger partial charge on any atom is -0.389 e. The summed E-state index contributed by atoms with van der Waals surface area (Å²) in [6.45, 7) is 0. The number of hydrogen-bond acceptors (Lipinski definition) is 3. The Labute approximate surface area is 172 Å². The fourth-order valence-corrected chi connectivity index (χ4v) is 4.00. The highest BCUT2D eigenvalue weighted by Gasteiger charge is 2.13. The predicted octanol–water partition coefficient (Wildman–Crippen LogP) is 4.68. The van der Waals surface area contributed by atoms with Gasteiger partial charge in [0.2, 0.25) is 0 Å². The third-order valence-corrected chi connectivity index (χ3v) is 5.82. The van der Waals surface area contributed by atoms with Gasteiger partial charge in [-0.05, 0) is 60.7 Å². The summed E-state index contributed by atoms with van der Waals surface area (Å²) in [6.07, 6.45) is 5.38. The van der Waals surface area contributed by atoms with Crippen LogP contribution >= 0.6 is 0 Å². The predicted molar refractivity (Wildman–Crippen MR) is 117 cm³/mol. The summed E-state index contributed by atoms with van der Waals surface area (Å²) in [4.78, 5) is 0.215. The van der Waals surface area contributed by atoms with Gasteiger partial charge in [-0.25, -0.2) is 8.42 Å². The molecule has 0 spiro atoms. The number of aryl methyl sites for hydroxylation is 1. The monoisotopic (exact) mass is 406 g/mol. The van der Waals surface area contributed by atoms with Crippen molar-refractivity contribution in [2.45, 2.75) is 30.3 Å². The molecule has 0 aliphatic heterocycles. The number of nitrogens with one attached hydrogen (secondary N) is 1. The van der Waals surface area contributed by atoms with Gasteiger partial charge in [0.05, 0.1) is 11.0 Å². The van der Waals surface area contributed by atoms with E-state index in [4.69, 9.17) is 0 Å². The molecular weight excluding hydrogens is 382 g/mol. The van der Waals surface area contributed by atoms with Gasteiger partial charge in [-0.2, -0.15) is 0 Å². The highest BCUT2D eigenvalue weighted by atomic mass is 32.2. The van der Waals surface area contributed by atoms with Crippen molar-refractivity contribution in [3.8, 4) is 0 Å². The Balaban J connectivity index is 1.56. The first-order chi connectivity index (χ1) is 14.0. The Bertz CT molecular complexity index is 1030. The van der Waals surface area contributed by atoms with Crippen molar-refractivity contribution < 1.29 is 13.5 Å². The molecule has 1 radical (unpaired) electrons. The summed E-state index contributed by atoms with van der Waals surface area (Å²) >= 11 is 0. The molecule has 0 heterocycles. The van der Waals surface area contributed by atoms with Crippen molar-refractivity contribution in [3.63, 3.8) is 0 Å². The average Bonchev–Trinajstić information content (AvgIpc) is 2.74. The molecule has 0 bridgehead atoms. The lowest BCUT2D eigenvalue weighted by molar-refractivity contribution is 0.210. The van der Waals surface area contributed by atoms with E-state index in [2.05, 4.69) is 10.8 Å². The molecule has 3 rings (SSSR count). The van der Waals surface area contributed by atoms with Crippen LogP contribution in [0.2, 0.25) is 0 Å². The molecule has 3 aromatic carbocycles. The third kappa shape index (κ3) is 6.59. The second-order valence-corrected chi connectivity index (χ2v) is 8.43. The molecule has 0 amide bonds. The first-order valence-electron chi connectivity index (χ1n) is 9.53. The minimum absolute atomic E-state index is 0.215. The van der Waals surface area contributed by atoms with Crippen molar-refractivity contribution >= 4 is 21.8 Å². The summed E-state index contributed by atoms with van der Waals surface area (Å²) in [5.74, 6) is 0. The van der Waals surface area contributed by atoms with Crippen LogP contribution in [-0.4, -0.2) is 19.6 Å². The second-order valence-electron chi connectivity index (χ2n) is 6.75. The van der Waals surface area contributed by atoms with Crippen LogP contribution < -0.4 is 4.72 Å². The lowest BCUT2D eigenvalue weighted by atomic mass is 10.1. The first kappa shape index (κ1) is 20.8. The maximum absolute atomic E-state index is 12.4. The number of rotatable bonds is 9. The van der Waals surface area contributed by atoms with Gasteiger partial charge < -0.3 is 5.11 Å². The molecule has 0 saturated carbocycles.